The molecule has 0 aromatic rings. The molecular formula is C8H14NO6P. The summed E-state index contributed by atoms with van der Waals surface area (Å²) < 4.78 is 10.8. The van der Waals surface area contributed by atoms with Crippen molar-refractivity contribution in [1.29, 1.82) is 0 Å². The van der Waals surface area contributed by atoms with E-state index >= 15 is 0 Å². The number of carboxylic acid groups (broad SMARTS) is 1. The Bertz CT molecular complexity index is 346. The van der Waals surface area contributed by atoms with E-state index in [2.05, 4.69) is 11.9 Å². The van der Waals surface area contributed by atoms with Crippen molar-refractivity contribution >= 4 is 19.5 Å². The lowest BCUT2D eigenvalue weighted by molar-refractivity contribution is -0.137. The summed E-state index contributed by atoms with van der Waals surface area (Å²) in [6.07, 6.45) is -0.335. The minimum absolute atomic E-state index is 0.131. The van der Waals surface area contributed by atoms with Gasteiger partial charge < -0.3 is 20.2 Å². The third-order valence-electron chi connectivity index (χ3n) is 1.78. The van der Waals surface area contributed by atoms with Crippen molar-refractivity contribution in [2.75, 3.05) is 6.54 Å². The highest BCUT2D eigenvalue weighted by atomic mass is 31.2. The first-order valence-corrected chi connectivity index (χ1v) is 6.06. The second kappa shape index (κ2) is 5.79. The zero-order valence-electron chi connectivity index (χ0n) is 8.71. The van der Waals surface area contributed by atoms with Crippen molar-refractivity contribution in [3.63, 3.8) is 0 Å². The zero-order valence-corrected chi connectivity index (χ0v) is 9.61. The van der Waals surface area contributed by atoms with E-state index in [-0.39, 0.29) is 18.5 Å². The summed E-state index contributed by atoms with van der Waals surface area (Å²) >= 11 is 0. The molecule has 0 aromatic carbocycles. The van der Waals surface area contributed by atoms with Gasteiger partial charge in [0.2, 0.25) is 5.91 Å². The van der Waals surface area contributed by atoms with Gasteiger partial charge in [-0.3, -0.25) is 14.2 Å². The molecule has 92 valence electrons. The molecule has 0 aliphatic carbocycles. The molecule has 1 atom stereocenters. The molecule has 0 aliphatic heterocycles. The van der Waals surface area contributed by atoms with Crippen molar-refractivity contribution in [1.82, 2.24) is 5.32 Å². The molecule has 0 saturated heterocycles. The molecule has 8 heteroatoms. The van der Waals surface area contributed by atoms with Gasteiger partial charge in [-0.25, -0.2) is 0 Å². The van der Waals surface area contributed by atoms with Crippen LogP contribution in [0.4, 0.5) is 0 Å². The predicted molar refractivity (Wildman–Crippen MR) is 55.9 cm³/mol. The largest absolute Gasteiger partial charge is 0.481 e. The lowest BCUT2D eigenvalue weighted by Crippen LogP contribution is -2.30. The number of amides is 1. The SMILES string of the molecule is C=C(C)C(=O)NCCC(C(=O)O)P(=O)(O)O. The lowest BCUT2D eigenvalue weighted by atomic mass is 10.3. The standard InChI is InChI=1S/C8H14NO6P/c1-5(2)7(10)9-4-3-6(8(11)12)16(13,14)15/h6H,1,3-4H2,2H3,(H,9,10)(H,11,12)(H2,13,14,15). The molecule has 0 aromatic heterocycles. The molecule has 7 nitrogen and oxygen atoms in total. The van der Waals surface area contributed by atoms with E-state index in [1.54, 1.807) is 0 Å². The average Bonchev–Trinajstić information content (AvgIpc) is 2.08. The molecule has 0 fully saturated rings. The Hall–Kier alpha value is -1.17. The highest BCUT2D eigenvalue weighted by Gasteiger charge is 2.35. The van der Waals surface area contributed by atoms with Crippen LogP contribution in [0.5, 0.6) is 0 Å². The molecule has 16 heavy (non-hydrogen) atoms. The van der Waals surface area contributed by atoms with Crippen LogP contribution in [0.25, 0.3) is 0 Å². The number of carbonyl (C=O) groups is 2. The third kappa shape index (κ3) is 5.06. The Morgan fingerprint density at radius 2 is 1.94 bits per heavy atom. The molecule has 0 spiro atoms. The highest BCUT2D eigenvalue weighted by Crippen LogP contribution is 2.42. The quantitative estimate of drug-likeness (QED) is 0.379. The van der Waals surface area contributed by atoms with Crippen molar-refractivity contribution in [2.45, 2.75) is 19.0 Å². The number of hydrogen-bond donors (Lipinski definition) is 4. The Kier molecular flexibility index (Phi) is 5.37. The predicted octanol–water partition coefficient (Wildman–Crippen LogP) is -0.300. The molecule has 1 unspecified atom stereocenters. The van der Waals surface area contributed by atoms with Crippen LogP contribution in [0.2, 0.25) is 0 Å². The molecule has 0 aliphatic rings. The van der Waals surface area contributed by atoms with E-state index in [0.717, 1.165) is 0 Å². The van der Waals surface area contributed by atoms with Gasteiger partial charge in [0, 0.05) is 12.1 Å². The maximum Gasteiger partial charge on any atom is 0.339 e. The first kappa shape index (κ1) is 14.8. The molecule has 4 N–H and O–H groups in total. The molecule has 0 radical (unpaired) electrons. The lowest BCUT2D eigenvalue weighted by Gasteiger charge is -2.14. The van der Waals surface area contributed by atoms with E-state index < -0.39 is 25.1 Å². The van der Waals surface area contributed by atoms with Crippen molar-refractivity contribution < 1.29 is 29.0 Å². The summed E-state index contributed by atoms with van der Waals surface area (Å²) in [4.78, 5) is 39.0. The van der Waals surface area contributed by atoms with Crippen molar-refractivity contribution in [2.24, 2.45) is 0 Å². The van der Waals surface area contributed by atoms with Gasteiger partial charge in [-0.15, -0.1) is 0 Å². The highest BCUT2D eigenvalue weighted by molar-refractivity contribution is 7.53. The Morgan fingerprint density at radius 3 is 2.25 bits per heavy atom. The molecular weight excluding hydrogens is 237 g/mol. The van der Waals surface area contributed by atoms with Crippen LogP contribution in [0.3, 0.4) is 0 Å². The second-order valence-electron chi connectivity index (χ2n) is 3.27. The Balaban J connectivity index is 4.26. The van der Waals surface area contributed by atoms with Gasteiger partial charge in [0.1, 0.15) is 0 Å². The van der Waals surface area contributed by atoms with Gasteiger partial charge in [0.05, 0.1) is 0 Å². The van der Waals surface area contributed by atoms with Crippen molar-refractivity contribution in [3.8, 4) is 0 Å². The van der Waals surface area contributed by atoms with Crippen LogP contribution in [-0.2, 0) is 14.2 Å². The van der Waals surface area contributed by atoms with Gasteiger partial charge in [0.15, 0.2) is 5.66 Å². The maximum absolute atomic E-state index is 11.0. The number of hydrogen-bond acceptors (Lipinski definition) is 3. The topological polar surface area (TPSA) is 124 Å². The van der Waals surface area contributed by atoms with Crippen LogP contribution in [0, 0.1) is 0 Å². The smallest absolute Gasteiger partial charge is 0.339 e. The van der Waals surface area contributed by atoms with E-state index in [1.165, 1.54) is 6.92 Å². The molecule has 0 rings (SSSR count). The number of carboxylic acids is 1. The van der Waals surface area contributed by atoms with Gasteiger partial charge >= 0.3 is 13.6 Å². The van der Waals surface area contributed by atoms with Crippen LogP contribution in [-0.4, -0.2) is 39.0 Å². The van der Waals surface area contributed by atoms with Gasteiger partial charge in [-0.05, 0) is 13.3 Å². The van der Waals surface area contributed by atoms with Crippen LogP contribution in [0.15, 0.2) is 12.2 Å². The number of rotatable bonds is 6. The summed E-state index contributed by atoms with van der Waals surface area (Å²) in [5.74, 6) is -2.06. The molecule has 0 heterocycles. The maximum atomic E-state index is 11.0. The van der Waals surface area contributed by atoms with Gasteiger partial charge in [-0.2, -0.15) is 0 Å². The van der Waals surface area contributed by atoms with Gasteiger partial charge in [-0.1, -0.05) is 6.58 Å². The number of nitrogens with one attached hydrogen (secondary N) is 1. The summed E-state index contributed by atoms with van der Waals surface area (Å²) in [5, 5.41) is 10.9. The van der Waals surface area contributed by atoms with E-state index in [1.807, 2.05) is 0 Å². The van der Waals surface area contributed by atoms with Crippen LogP contribution in [0.1, 0.15) is 13.3 Å². The average molecular weight is 251 g/mol. The monoisotopic (exact) mass is 251 g/mol. The normalized spacial score (nSPS) is 12.9. The summed E-state index contributed by atoms with van der Waals surface area (Å²) in [6, 6.07) is 0. The molecule has 0 saturated carbocycles. The molecule has 0 bridgehead atoms. The van der Waals surface area contributed by atoms with E-state index in [4.69, 9.17) is 14.9 Å². The fraction of sp³-hybridized carbons (Fsp3) is 0.500. The van der Waals surface area contributed by atoms with Crippen LogP contribution >= 0.6 is 7.60 Å². The molecule has 1 amide bonds. The van der Waals surface area contributed by atoms with E-state index in [0.29, 0.717) is 0 Å². The number of carbonyl (C=O) groups excluding carboxylic acids is 1. The van der Waals surface area contributed by atoms with E-state index in [9.17, 15) is 14.2 Å². The second-order valence-corrected chi connectivity index (χ2v) is 5.07. The summed E-state index contributed by atoms with van der Waals surface area (Å²) in [6.45, 7) is 4.69. The fourth-order valence-electron chi connectivity index (χ4n) is 0.909. The summed E-state index contributed by atoms with van der Waals surface area (Å²) in [5.41, 5.74) is -1.55. The summed E-state index contributed by atoms with van der Waals surface area (Å²) in [7, 11) is -4.69. The first-order chi connectivity index (χ1) is 7.16. The fourth-order valence-corrected chi connectivity index (χ4v) is 1.66. The minimum atomic E-state index is -4.69. The van der Waals surface area contributed by atoms with Crippen molar-refractivity contribution in [3.05, 3.63) is 12.2 Å². The Labute approximate surface area is 92.3 Å². The zero-order chi connectivity index (χ0) is 12.9. The third-order valence-corrected chi connectivity index (χ3v) is 3.07. The van der Waals surface area contributed by atoms with Gasteiger partial charge in [0.25, 0.3) is 0 Å². The van der Waals surface area contributed by atoms with Crippen LogP contribution < -0.4 is 5.32 Å². The Morgan fingerprint density at radius 1 is 1.44 bits per heavy atom. The minimum Gasteiger partial charge on any atom is -0.481 e. The first-order valence-electron chi connectivity index (χ1n) is 4.38. The number of aliphatic carboxylic acids is 1.